The molecule has 1 saturated heterocycles. The van der Waals surface area contributed by atoms with E-state index in [0.29, 0.717) is 39.5 Å². The molecule has 1 fully saturated rings. The number of carbonyl (C=O) groups is 2. The van der Waals surface area contributed by atoms with Crippen molar-refractivity contribution < 1.29 is 9.59 Å². The number of benzene rings is 3. The van der Waals surface area contributed by atoms with Gasteiger partial charge in [-0.1, -0.05) is 53.5 Å². The first-order valence-corrected chi connectivity index (χ1v) is 11.6. The molecule has 0 aliphatic carbocycles. The van der Waals surface area contributed by atoms with Crippen molar-refractivity contribution in [3.63, 3.8) is 0 Å². The van der Waals surface area contributed by atoms with Gasteiger partial charge in [0.2, 0.25) is 5.91 Å². The van der Waals surface area contributed by atoms with Gasteiger partial charge in [0.05, 0.1) is 12.1 Å². The van der Waals surface area contributed by atoms with Crippen molar-refractivity contribution in [2.45, 2.75) is 18.9 Å². The van der Waals surface area contributed by atoms with Crippen molar-refractivity contribution in [2.24, 2.45) is 0 Å². The summed E-state index contributed by atoms with van der Waals surface area (Å²) in [5, 5.41) is 4.47. The van der Waals surface area contributed by atoms with E-state index in [2.05, 4.69) is 5.32 Å². The molecular weight excluding hydrogens is 477 g/mol. The van der Waals surface area contributed by atoms with Crippen molar-refractivity contribution in [1.29, 1.82) is 0 Å². The lowest BCUT2D eigenvalue weighted by Gasteiger charge is -2.24. The molecular formula is C25H21Cl2N3O2S. The number of anilines is 2. The quantitative estimate of drug-likeness (QED) is 0.433. The number of nitrogens with zero attached hydrogens (tertiary/aromatic N) is 2. The molecule has 0 radical (unpaired) electrons. The predicted molar refractivity (Wildman–Crippen MR) is 137 cm³/mol. The summed E-state index contributed by atoms with van der Waals surface area (Å²) in [7, 11) is 0. The number of amides is 2. The SMILES string of the molecule is O=C(C[C@H]1C(=O)N(c2ccccc2)C(=S)N1CCc1ccc(Cl)cc1)Nc1ccc(Cl)cc1. The zero-order valence-electron chi connectivity index (χ0n) is 17.6. The summed E-state index contributed by atoms with van der Waals surface area (Å²) in [6.45, 7) is 0.494. The first-order chi connectivity index (χ1) is 15.9. The summed E-state index contributed by atoms with van der Waals surface area (Å²) in [4.78, 5) is 29.5. The van der Waals surface area contributed by atoms with Gasteiger partial charge in [0.1, 0.15) is 6.04 Å². The van der Waals surface area contributed by atoms with Crippen LogP contribution in [-0.4, -0.2) is 34.4 Å². The number of rotatable bonds is 7. The molecule has 168 valence electrons. The molecule has 1 aliphatic rings. The van der Waals surface area contributed by atoms with E-state index in [9.17, 15) is 9.59 Å². The average molecular weight is 498 g/mol. The third kappa shape index (κ3) is 5.53. The molecule has 8 heteroatoms. The Balaban J connectivity index is 1.54. The van der Waals surface area contributed by atoms with Crippen molar-refractivity contribution in [3.8, 4) is 0 Å². The Morgan fingerprint density at radius 1 is 0.909 bits per heavy atom. The highest BCUT2D eigenvalue weighted by molar-refractivity contribution is 7.80. The second kappa shape index (κ2) is 10.3. The van der Waals surface area contributed by atoms with Crippen molar-refractivity contribution in [1.82, 2.24) is 4.90 Å². The summed E-state index contributed by atoms with van der Waals surface area (Å²) in [5.74, 6) is -0.488. The maximum Gasteiger partial charge on any atom is 0.256 e. The van der Waals surface area contributed by atoms with Gasteiger partial charge in [-0.25, -0.2) is 0 Å². The molecule has 0 unspecified atom stereocenters. The van der Waals surface area contributed by atoms with E-state index < -0.39 is 6.04 Å². The van der Waals surface area contributed by atoms with E-state index in [1.807, 2.05) is 59.5 Å². The van der Waals surface area contributed by atoms with Crippen LogP contribution in [0.15, 0.2) is 78.9 Å². The molecule has 0 aromatic heterocycles. The van der Waals surface area contributed by atoms with Crippen LogP contribution in [0.25, 0.3) is 0 Å². The summed E-state index contributed by atoms with van der Waals surface area (Å²) < 4.78 is 0. The minimum absolute atomic E-state index is 0.0223. The maximum atomic E-state index is 13.4. The minimum Gasteiger partial charge on any atom is -0.336 e. The molecule has 2 amide bonds. The molecule has 5 nitrogen and oxygen atoms in total. The lowest BCUT2D eigenvalue weighted by Crippen LogP contribution is -2.39. The summed E-state index contributed by atoms with van der Waals surface area (Å²) >= 11 is 17.6. The second-order valence-corrected chi connectivity index (χ2v) is 8.87. The lowest BCUT2D eigenvalue weighted by molar-refractivity contribution is -0.124. The number of carbonyl (C=O) groups excluding carboxylic acids is 2. The topological polar surface area (TPSA) is 52.7 Å². The highest BCUT2D eigenvalue weighted by Crippen LogP contribution is 2.28. The third-order valence-corrected chi connectivity index (χ3v) is 6.32. The predicted octanol–water partition coefficient (Wildman–Crippen LogP) is 5.57. The number of hydrogen-bond acceptors (Lipinski definition) is 3. The largest absolute Gasteiger partial charge is 0.336 e. The Morgan fingerprint density at radius 3 is 2.15 bits per heavy atom. The minimum atomic E-state index is -0.697. The summed E-state index contributed by atoms with van der Waals surface area (Å²) in [6.07, 6.45) is 0.633. The smallest absolute Gasteiger partial charge is 0.256 e. The fourth-order valence-electron chi connectivity index (χ4n) is 3.72. The van der Waals surface area contributed by atoms with Crippen LogP contribution in [0.4, 0.5) is 11.4 Å². The number of thiocarbonyl (C=S) groups is 1. The zero-order chi connectivity index (χ0) is 23.4. The molecule has 3 aromatic rings. The molecule has 3 aromatic carbocycles. The van der Waals surface area contributed by atoms with Crippen LogP contribution in [0, 0.1) is 0 Å². The fourth-order valence-corrected chi connectivity index (χ4v) is 4.39. The molecule has 1 atom stereocenters. The van der Waals surface area contributed by atoms with Gasteiger partial charge in [0.15, 0.2) is 5.11 Å². The van der Waals surface area contributed by atoms with Gasteiger partial charge in [-0.3, -0.25) is 14.5 Å². The molecule has 4 rings (SSSR count). The van der Waals surface area contributed by atoms with Gasteiger partial charge in [-0.15, -0.1) is 0 Å². The first-order valence-electron chi connectivity index (χ1n) is 10.4. The monoisotopic (exact) mass is 497 g/mol. The van der Waals surface area contributed by atoms with E-state index in [0.717, 1.165) is 5.56 Å². The Bertz CT molecular complexity index is 1150. The normalized spacial score (nSPS) is 15.8. The third-order valence-electron chi connectivity index (χ3n) is 5.39. The van der Waals surface area contributed by atoms with Gasteiger partial charge in [-0.05, 0) is 72.7 Å². The molecule has 0 bridgehead atoms. The Hall–Kier alpha value is -2.93. The van der Waals surface area contributed by atoms with Crippen LogP contribution in [0.2, 0.25) is 10.0 Å². The molecule has 1 aliphatic heterocycles. The molecule has 0 saturated carbocycles. The second-order valence-electron chi connectivity index (χ2n) is 7.64. The van der Waals surface area contributed by atoms with Gasteiger partial charge in [-0.2, -0.15) is 0 Å². The first kappa shape index (κ1) is 23.2. The van der Waals surface area contributed by atoms with Crippen molar-refractivity contribution in [2.75, 3.05) is 16.8 Å². The Morgan fingerprint density at radius 2 is 1.52 bits per heavy atom. The van der Waals surface area contributed by atoms with Gasteiger partial charge >= 0.3 is 0 Å². The van der Waals surface area contributed by atoms with E-state index in [-0.39, 0.29) is 18.2 Å². The van der Waals surface area contributed by atoms with Crippen LogP contribution in [0.5, 0.6) is 0 Å². The fraction of sp³-hybridized carbons (Fsp3) is 0.160. The van der Waals surface area contributed by atoms with Crippen LogP contribution in [-0.2, 0) is 16.0 Å². The number of hydrogen-bond donors (Lipinski definition) is 1. The molecule has 1 N–H and O–H groups in total. The van der Waals surface area contributed by atoms with Crippen molar-refractivity contribution >= 4 is 63.7 Å². The van der Waals surface area contributed by atoms with Crippen LogP contribution in [0.1, 0.15) is 12.0 Å². The highest BCUT2D eigenvalue weighted by atomic mass is 35.5. The van der Waals surface area contributed by atoms with Gasteiger partial charge < -0.3 is 10.2 Å². The molecule has 1 heterocycles. The van der Waals surface area contributed by atoms with Gasteiger partial charge in [0.25, 0.3) is 5.91 Å². The Labute approximate surface area is 207 Å². The van der Waals surface area contributed by atoms with Crippen LogP contribution >= 0.6 is 35.4 Å². The highest BCUT2D eigenvalue weighted by Gasteiger charge is 2.43. The van der Waals surface area contributed by atoms with E-state index >= 15 is 0 Å². The summed E-state index contributed by atoms with van der Waals surface area (Å²) in [5.41, 5.74) is 2.37. The number of halogens is 2. The van der Waals surface area contributed by atoms with E-state index in [1.54, 1.807) is 24.3 Å². The maximum absolute atomic E-state index is 13.4. The van der Waals surface area contributed by atoms with E-state index in [1.165, 1.54) is 4.90 Å². The Kier molecular flexibility index (Phi) is 7.28. The number of para-hydroxylation sites is 1. The lowest BCUT2D eigenvalue weighted by atomic mass is 10.1. The molecule has 33 heavy (non-hydrogen) atoms. The number of nitrogens with one attached hydrogen (secondary N) is 1. The zero-order valence-corrected chi connectivity index (χ0v) is 19.9. The molecule has 0 spiro atoms. The van der Waals surface area contributed by atoms with Crippen molar-refractivity contribution in [3.05, 3.63) is 94.5 Å². The van der Waals surface area contributed by atoms with Gasteiger partial charge in [0, 0.05) is 22.3 Å². The van der Waals surface area contributed by atoms with Crippen LogP contribution in [0.3, 0.4) is 0 Å². The summed E-state index contributed by atoms with van der Waals surface area (Å²) in [6, 6.07) is 22.9. The average Bonchev–Trinajstić information content (AvgIpc) is 3.04. The van der Waals surface area contributed by atoms with Crippen LogP contribution < -0.4 is 10.2 Å². The standard InChI is InChI=1S/C25H21Cl2N3O2S/c26-18-8-6-17(7-9-18)14-15-29-22(16-23(31)28-20-12-10-19(27)11-13-20)24(32)30(25(29)33)21-4-2-1-3-5-21/h1-13,22H,14-16H2,(H,28,31)/t22-/m0/s1. The van der Waals surface area contributed by atoms with E-state index in [4.69, 9.17) is 35.4 Å².